The number of carbonyl (C=O) groups excluding carboxylic acids is 1. The van der Waals surface area contributed by atoms with Crippen LogP contribution >= 0.6 is 27.5 Å². The van der Waals surface area contributed by atoms with Gasteiger partial charge < -0.3 is 10.1 Å². The van der Waals surface area contributed by atoms with Crippen LogP contribution in [0.5, 0.6) is 0 Å². The average Bonchev–Trinajstić information content (AvgIpc) is 2.32. The third-order valence-corrected chi connectivity index (χ3v) is 3.82. The van der Waals surface area contributed by atoms with Gasteiger partial charge in [0.2, 0.25) is 0 Å². The molecule has 5 heteroatoms. The summed E-state index contributed by atoms with van der Waals surface area (Å²) in [5.74, 6) is -0.125. The maximum atomic E-state index is 12.1. The molecule has 1 amide bonds. The highest BCUT2D eigenvalue weighted by Gasteiger charge is 2.22. The standard InChI is InChI=1S/C13H15BrClNO2/c1-8-6-10(4-5-18-8)16-13(17)11-7-9(14)2-3-12(11)15/h2-3,7-8,10H,4-6H2,1H3,(H,16,17). The van der Waals surface area contributed by atoms with Crippen molar-refractivity contribution in [1.82, 2.24) is 5.32 Å². The Bertz CT molecular complexity index is 453. The molecule has 2 rings (SSSR count). The van der Waals surface area contributed by atoms with Crippen LogP contribution in [0.1, 0.15) is 30.1 Å². The smallest absolute Gasteiger partial charge is 0.253 e. The van der Waals surface area contributed by atoms with Gasteiger partial charge in [-0.3, -0.25) is 4.79 Å². The first-order valence-corrected chi connectivity index (χ1v) is 7.11. The van der Waals surface area contributed by atoms with Gasteiger partial charge in [-0.25, -0.2) is 0 Å². The van der Waals surface area contributed by atoms with Crippen molar-refractivity contribution < 1.29 is 9.53 Å². The van der Waals surface area contributed by atoms with Crippen LogP contribution in [0, 0.1) is 0 Å². The van der Waals surface area contributed by atoms with Crippen LogP contribution in [0.25, 0.3) is 0 Å². The Kier molecular flexibility index (Phi) is 4.65. The molecule has 0 bridgehead atoms. The van der Waals surface area contributed by atoms with Gasteiger partial charge in [-0.05, 0) is 38.0 Å². The highest BCUT2D eigenvalue weighted by molar-refractivity contribution is 9.10. The van der Waals surface area contributed by atoms with E-state index in [1.54, 1.807) is 12.1 Å². The van der Waals surface area contributed by atoms with Crippen LogP contribution < -0.4 is 5.32 Å². The molecule has 0 spiro atoms. The van der Waals surface area contributed by atoms with Gasteiger partial charge in [0, 0.05) is 17.1 Å². The largest absolute Gasteiger partial charge is 0.378 e. The van der Waals surface area contributed by atoms with Crippen molar-refractivity contribution in [3.63, 3.8) is 0 Å². The van der Waals surface area contributed by atoms with Gasteiger partial charge in [0.25, 0.3) is 5.91 Å². The Labute approximate surface area is 120 Å². The minimum atomic E-state index is -0.125. The van der Waals surface area contributed by atoms with Gasteiger partial charge in [-0.15, -0.1) is 0 Å². The fraction of sp³-hybridized carbons (Fsp3) is 0.462. The first-order valence-electron chi connectivity index (χ1n) is 5.94. The van der Waals surface area contributed by atoms with Crippen LogP contribution in [0.15, 0.2) is 22.7 Å². The molecule has 1 aliphatic heterocycles. The predicted molar refractivity (Wildman–Crippen MR) is 75.1 cm³/mol. The third kappa shape index (κ3) is 3.46. The van der Waals surface area contributed by atoms with E-state index in [2.05, 4.69) is 21.2 Å². The lowest BCUT2D eigenvalue weighted by molar-refractivity contribution is 0.0136. The molecule has 1 heterocycles. The maximum Gasteiger partial charge on any atom is 0.253 e. The number of halogens is 2. The predicted octanol–water partition coefficient (Wildman–Crippen LogP) is 3.40. The minimum absolute atomic E-state index is 0.125. The van der Waals surface area contributed by atoms with E-state index in [1.807, 2.05) is 13.0 Å². The van der Waals surface area contributed by atoms with E-state index < -0.39 is 0 Å². The number of ether oxygens (including phenoxy) is 1. The molecule has 2 atom stereocenters. The summed E-state index contributed by atoms with van der Waals surface area (Å²) in [5, 5.41) is 3.48. The number of amides is 1. The Hall–Kier alpha value is -0.580. The van der Waals surface area contributed by atoms with Crippen molar-refractivity contribution in [1.29, 1.82) is 0 Å². The molecule has 0 saturated carbocycles. The zero-order chi connectivity index (χ0) is 13.1. The normalized spacial score (nSPS) is 23.7. The molecule has 1 aromatic carbocycles. The first-order chi connectivity index (χ1) is 8.56. The van der Waals surface area contributed by atoms with Gasteiger partial charge >= 0.3 is 0 Å². The van der Waals surface area contributed by atoms with Crippen LogP contribution in [-0.4, -0.2) is 24.7 Å². The summed E-state index contributed by atoms with van der Waals surface area (Å²) in [6, 6.07) is 5.43. The Balaban J connectivity index is 2.05. The van der Waals surface area contributed by atoms with E-state index in [1.165, 1.54) is 0 Å². The van der Waals surface area contributed by atoms with Crippen molar-refractivity contribution in [3.05, 3.63) is 33.3 Å². The molecule has 3 nitrogen and oxygen atoms in total. The summed E-state index contributed by atoms with van der Waals surface area (Å²) >= 11 is 9.37. The topological polar surface area (TPSA) is 38.3 Å². The van der Waals surface area contributed by atoms with Crippen molar-refractivity contribution in [2.45, 2.75) is 31.9 Å². The van der Waals surface area contributed by atoms with Gasteiger partial charge in [-0.2, -0.15) is 0 Å². The van der Waals surface area contributed by atoms with E-state index in [0.717, 1.165) is 17.3 Å². The van der Waals surface area contributed by atoms with Crippen molar-refractivity contribution in [2.24, 2.45) is 0 Å². The van der Waals surface area contributed by atoms with Crippen LogP contribution in [0.4, 0.5) is 0 Å². The molecule has 0 radical (unpaired) electrons. The second-order valence-electron chi connectivity index (χ2n) is 4.50. The fourth-order valence-electron chi connectivity index (χ4n) is 2.06. The second kappa shape index (κ2) is 6.04. The summed E-state index contributed by atoms with van der Waals surface area (Å²) in [6.45, 7) is 2.71. The van der Waals surface area contributed by atoms with Crippen molar-refractivity contribution in [3.8, 4) is 0 Å². The molecular formula is C13H15BrClNO2. The number of benzene rings is 1. The molecule has 1 aromatic rings. The average molecular weight is 333 g/mol. The highest BCUT2D eigenvalue weighted by atomic mass is 79.9. The molecule has 1 fully saturated rings. The van der Waals surface area contributed by atoms with Gasteiger partial charge in [0.05, 0.1) is 16.7 Å². The fourth-order valence-corrected chi connectivity index (χ4v) is 2.63. The molecule has 2 unspecified atom stereocenters. The van der Waals surface area contributed by atoms with Crippen LogP contribution in [0.2, 0.25) is 5.02 Å². The van der Waals surface area contributed by atoms with Crippen molar-refractivity contribution in [2.75, 3.05) is 6.61 Å². The van der Waals surface area contributed by atoms with E-state index in [9.17, 15) is 4.79 Å². The number of rotatable bonds is 2. The molecule has 0 aliphatic carbocycles. The summed E-state index contributed by atoms with van der Waals surface area (Å²) in [7, 11) is 0. The number of hydrogen-bond donors (Lipinski definition) is 1. The van der Waals surface area contributed by atoms with E-state index in [4.69, 9.17) is 16.3 Å². The Morgan fingerprint density at radius 1 is 1.56 bits per heavy atom. The zero-order valence-electron chi connectivity index (χ0n) is 10.1. The quantitative estimate of drug-likeness (QED) is 0.901. The Morgan fingerprint density at radius 3 is 3.06 bits per heavy atom. The molecule has 1 aliphatic rings. The maximum absolute atomic E-state index is 12.1. The minimum Gasteiger partial charge on any atom is -0.378 e. The second-order valence-corrected chi connectivity index (χ2v) is 5.82. The summed E-state index contributed by atoms with van der Waals surface area (Å²) < 4.78 is 6.30. The van der Waals surface area contributed by atoms with E-state index >= 15 is 0 Å². The third-order valence-electron chi connectivity index (χ3n) is 2.99. The van der Waals surface area contributed by atoms with Crippen LogP contribution in [-0.2, 0) is 4.74 Å². The van der Waals surface area contributed by atoms with E-state index in [-0.39, 0.29) is 18.1 Å². The molecule has 98 valence electrons. The first kappa shape index (κ1) is 13.8. The van der Waals surface area contributed by atoms with Gasteiger partial charge in [0.15, 0.2) is 0 Å². The Morgan fingerprint density at radius 2 is 2.33 bits per heavy atom. The summed E-state index contributed by atoms with van der Waals surface area (Å²) in [6.07, 6.45) is 1.89. The lowest BCUT2D eigenvalue weighted by Gasteiger charge is -2.28. The highest BCUT2D eigenvalue weighted by Crippen LogP contribution is 2.22. The number of hydrogen-bond acceptors (Lipinski definition) is 2. The molecule has 1 N–H and O–H groups in total. The van der Waals surface area contributed by atoms with Crippen LogP contribution in [0.3, 0.4) is 0 Å². The lowest BCUT2D eigenvalue weighted by Crippen LogP contribution is -2.41. The summed E-state index contributed by atoms with van der Waals surface area (Å²) in [5.41, 5.74) is 0.505. The molecule has 0 aromatic heterocycles. The monoisotopic (exact) mass is 331 g/mol. The molecule has 1 saturated heterocycles. The number of nitrogens with one attached hydrogen (secondary N) is 1. The van der Waals surface area contributed by atoms with Gasteiger partial charge in [0.1, 0.15) is 0 Å². The SMILES string of the molecule is CC1CC(NC(=O)c2cc(Br)ccc2Cl)CCO1. The van der Waals surface area contributed by atoms with Gasteiger partial charge in [-0.1, -0.05) is 27.5 Å². The molecule has 18 heavy (non-hydrogen) atoms. The lowest BCUT2D eigenvalue weighted by atomic mass is 10.0. The number of carbonyl (C=O) groups is 1. The summed E-state index contributed by atoms with van der Waals surface area (Å²) in [4.78, 5) is 12.1. The van der Waals surface area contributed by atoms with E-state index in [0.29, 0.717) is 17.2 Å². The molecular weight excluding hydrogens is 318 g/mol. The van der Waals surface area contributed by atoms with Crippen molar-refractivity contribution >= 4 is 33.4 Å². The zero-order valence-corrected chi connectivity index (χ0v) is 12.4.